The van der Waals surface area contributed by atoms with E-state index in [2.05, 4.69) is 21.2 Å². The number of nitrogens with one attached hydrogen (secondary N) is 1. The van der Waals surface area contributed by atoms with Crippen LogP contribution in [0.2, 0.25) is 0 Å². The number of rotatable bonds is 5. The molecule has 1 aliphatic heterocycles. The number of piperidine rings is 1. The van der Waals surface area contributed by atoms with Gasteiger partial charge in [-0.05, 0) is 54.8 Å². The third kappa shape index (κ3) is 5.10. The fourth-order valence-electron chi connectivity index (χ4n) is 3.20. The van der Waals surface area contributed by atoms with Gasteiger partial charge in [0, 0.05) is 35.6 Å². The van der Waals surface area contributed by atoms with Gasteiger partial charge in [0.2, 0.25) is 5.91 Å². The fourth-order valence-corrected chi connectivity index (χ4v) is 3.46. The Morgan fingerprint density at radius 3 is 2.30 bits per heavy atom. The van der Waals surface area contributed by atoms with Crippen LogP contribution >= 0.6 is 15.9 Å². The van der Waals surface area contributed by atoms with Crippen LogP contribution in [0.5, 0.6) is 5.75 Å². The first kappa shape index (κ1) is 19.4. The minimum absolute atomic E-state index is 0.0274. The Labute approximate surface area is 167 Å². The average molecular weight is 431 g/mol. The van der Waals surface area contributed by atoms with Crippen molar-refractivity contribution in [1.29, 1.82) is 0 Å². The largest absolute Gasteiger partial charge is 0.497 e. The van der Waals surface area contributed by atoms with E-state index in [0.717, 1.165) is 15.8 Å². The third-order valence-corrected chi connectivity index (χ3v) is 5.40. The number of carbonyl (C=O) groups is 2. The SMILES string of the molecule is COc1ccc(CNC(=O)C2CCN(C(=O)c3ccc(Br)cc3)CC2)cc1. The number of carbonyl (C=O) groups excluding carboxylic acids is 2. The second-order valence-corrected chi connectivity index (χ2v) is 7.55. The number of nitrogens with zero attached hydrogens (tertiary/aromatic N) is 1. The third-order valence-electron chi connectivity index (χ3n) is 4.87. The average Bonchev–Trinajstić information content (AvgIpc) is 2.72. The predicted molar refractivity (Wildman–Crippen MR) is 108 cm³/mol. The zero-order valence-electron chi connectivity index (χ0n) is 15.3. The molecule has 1 saturated heterocycles. The summed E-state index contributed by atoms with van der Waals surface area (Å²) in [6.45, 7) is 1.71. The first-order valence-corrected chi connectivity index (χ1v) is 9.81. The van der Waals surface area contributed by atoms with E-state index in [-0.39, 0.29) is 17.7 Å². The van der Waals surface area contributed by atoms with Crippen molar-refractivity contribution in [3.63, 3.8) is 0 Å². The van der Waals surface area contributed by atoms with E-state index in [4.69, 9.17) is 4.74 Å². The summed E-state index contributed by atoms with van der Waals surface area (Å²) in [6, 6.07) is 15.0. The van der Waals surface area contributed by atoms with Crippen molar-refractivity contribution in [3.05, 3.63) is 64.1 Å². The molecule has 27 heavy (non-hydrogen) atoms. The second-order valence-electron chi connectivity index (χ2n) is 6.64. The molecule has 0 saturated carbocycles. The highest BCUT2D eigenvalue weighted by molar-refractivity contribution is 9.10. The highest BCUT2D eigenvalue weighted by Crippen LogP contribution is 2.20. The van der Waals surface area contributed by atoms with Crippen LogP contribution in [-0.2, 0) is 11.3 Å². The molecule has 2 aromatic carbocycles. The Hall–Kier alpha value is -2.34. The summed E-state index contributed by atoms with van der Waals surface area (Å²) >= 11 is 3.38. The maximum absolute atomic E-state index is 12.6. The lowest BCUT2D eigenvalue weighted by molar-refractivity contribution is -0.126. The summed E-state index contributed by atoms with van der Waals surface area (Å²) in [5.41, 5.74) is 1.72. The summed E-state index contributed by atoms with van der Waals surface area (Å²) in [5, 5.41) is 3.00. The molecular formula is C21H23BrN2O3. The number of methoxy groups -OCH3 is 1. The molecule has 3 rings (SSSR count). The van der Waals surface area contributed by atoms with E-state index in [1.54, 1.807) is 7.11 Å². The minimum atomic E-state index is -0.0442. The summed E-state index contributed by atoms with van der Waals surface area (Å²) in [5.74, 6) is 0.839. The molecule has 0 aromatic heterocycles. The maximum atomic E-state index is 12.6. The second kappa shape index (κ2) is 9.04. The Morgan fingerprint density at radius 1 is 1.07 bits per heavy atom. The molecule has 1 fully saturated rings. The molecule has 1 aliphatic rings. The van der Waals surface area contributed by atoms with Crippen LogP contribution in [0.3, 0.4) is 0 Å². The molecule has 0 bridgehead atoms. The Balaban J connectivity index is 1.47. The van der Waals surface area contributed by atoms with Crippen molar-refractivity contribution < 1.29 is 14.3 Å². The van der Waals surface area contributed by atoms with Gasteiger partial charge in [-0.25, -0.2) is 0 Å². The lowest BCUT2D eigenvalue weighted by Crippen LogP contribution is -2.42. The van der Waals surface area contributed by atoms with Gasteiger partial charge in [0.15, 0.2) is 0 Å². The van der Waals surface area contributed by atoms with Crippen molar-refractivity contribution in [3.8, 4) is 5.75 Å². The predicted octanol–water partition coefficient (Wildman–Crippen LogP) is 3.63. The number of ether oxygens (including phenoxy) is 1. The summed E-state index contributed by atoms with van der Waals surface area (Å²) in [4.78, 5) is 26.8. The van der Waals surface area contributed by atoms with Gasteiger partial charge in [-0.3, -0.25) is 9.59 Å². The molecule has 0 atom stereocenters. The highest BCUT2D eigenvalue weighted by Gasteiger charge is 2.27. The molecule has 0 spiro atoms. The molecule has 0 aliphatic carbocycles. The maximum Gasteiger partial charge on any atom is 0.253 e. The molecule has 2 amide bonds. The monoisotopic (exact) mass is 430 g/mol. The van der Waals surface area contributed by atoms with Crippen LogP contribution in [0.15, 0.2) is 53.0 Å². The van der Waals surface area contributed by atoms with Gasteiger partial charge in [0.1, 0.15) is 5.75 Å². The van der Waals surface area contributed by atoms with E-state index in [0.29, 0.717) is 38.0 Å². The van der Waals surface area contributed by atoms with Gasteiger partial charge in [-0.15, -0.1) is 0 Å². The van der Waals surface area contributed by atoms with Crippen molar-refractivity contribution in [2.45, 2.75) is 19.4 Å². The first-order valence-electron chi connectivity index (χ1n) is 9.02. The standard InChI is InChI=1S/C21H23BrN2O3/c1-27-19-8-2-15(3-9-19)14-23-20(25)16-10-12-24(13-11-16)21(26)17-4-6-18(22)7-5-17/h2-9,16H,10-14H2,1H3,(H,23,25). The normalized spacial score (nSPS) is 14.7. The number of likely N-dealkylation sites (tertiary alicyclic amines) is 1. The van der Waals surface area contributed by atoms with E-state index < -0.39 is 0 Å². The molecule has 6 heteroatoms. The zero-order chi connectivity index (χ0) is 19.2. The number of hydrogen-bond acceptors (Lipinski definition) is 3. The number of halogens is 1. The fraction of sp³-hybridized carbons (Fsp3) is 0.333. The molecule has 1 heterocycles. The van der Waals surface area contributed by atoms with E-state index in [1.165, 1.54) is 0 Å². The van der Waals surface area contributed by atoms with Gasteiger partial charge in [-0.1, -0.05) is 28.1 Å². The van der Waals surface area contributed by atoms with Crippen LogP contribution in [0.25, 0.3) is 0 Å². The van der Waals surface area contributed by atoms with Crippen LogP contribution in [0, 0.1) is 5.92 Å². The summed E-state index contributed by atoms with van der Waals surface area (Å²) < 4.78 is 6.09. The Kier molecular flexibility index (Phi) is 6.50. The lowest BCUT2D eigenvalue weighted by Gasteiger charge is -2.31. The van der Waals surface area contributed by atoms with Gasteiger partial charge in [0.05, 0.1) is 7.11 Å². The smallest absolute Gasteiger partial charge is 0.253 e. The molecular weight excluding hydrogens is 408 g/mol. The lowest BCUT2D eigenvalue weighted by atomic mass is 9.95. The van der Waals surface area contributed by atoms with Crippen LogP contribution < -0.4 is 10.1 Å². The van der Waals surface area contributed by atoms with E-state index in [1.807, 2.05) is 53.4 Å². The molecule has 2 aromatic rings. The van der Waals surface area contributed by atoms with Gasteiger partial charge < -0.3 is 15.0 Å². The van der Waals surface area contributed by atoms with Crippen LogP contribution in [-0.4, -0.2) is 36.9 Å². The topological polar surface area (TPSA) is 58.6 Å². The van der Waals surface area contributed by atoms with E-state index in [9.17, 15) is 9.59 Å². The van der Waals surface area contributed by atoms with Crippen molar-refractivity contribution in [2.75, 3.05) is 20.2 Å². The molecule has 142 valence electrons. The number of hydrogen-bond donors (Lipinski definition) is 1. The summed E-state index contributed by atoms with van der Waals surface area (Å²) in [6.07, 6.45) is 1.38. The van der Waals surface area contributed by atoms with Gasteiger partial charge >= 0.3 is 0 Å². The van der Waals surface area contributed by atoms with E-state index >= 15 is 0 Å². The highest BCUT2D eigenvalue weighted by atomic mass is 79.9. The van der Waals surface area contributed by atoms with Gasteiger partial charge in [-0.2, -0.15) is 0 Å². The Bertz CT molecular complexity index is 782. The van der Waals surface area contributed by atoms with Crippen molar-refractivity contribution in [1.82, 2.24) is 10.2 Å². The quantitative estimate of drug-likeness (QED) is 0.787. The van der Waals surface area contributed by atoms with Crippen molar-refractivity contribution in [2.24, 2.45) is 5.92 Å². The van der Waals surface area contributed by atoms with Crippen LogP contribution in [0.1, 0.15) is 28.8 Å². The first-order chi connectivity index (χ1) is 13.1. The summed E-state index contributed by atoms with van der Waals surface area (Å²) in [7, 11) is 1.63. The number of amides is 2. The van der Waals surface area contributed by atoms with Gasteiger partial charge in [0.25, 0.3) is 5.91 Å². The molecule has 0 unspecified atom stereocenters. The molecule has 0 radical (unpaired) electrons. The van der Waals surface area contributed by atoms with Crippen LogP contribution in [0.4, 0.5) is 0 Å². The number of benzene rings is 2. The zero-order valence-corrected chi connectivity index (χ0v) is 16.9. The van der Waals surface area contributed by atoms with Crippen molar-refractivity contribution >= 4 is 27.7 Å². The Morgan fingerprint density at radius 2 is 1.70 bits per heavy atom. The minimum Gasteiger partial charge on any atom is -0.497 e. The molecule has 5 nitrogen and oxygen atoms in total. The molecule has 1 N–H and O–H groups in total.